The summed E-state index contributed by atoms with van der Waals surface area (Å²) >= 11 is 1.76. The average molecular weight is 305 g/mol. The van der Waals surface area contributed by atoms with Crippen molar-refractivity contribution in [2.24, 2.45) is 0 Å². The van der Waals surface area contributed by atoms with Crippen LogP contribution in [0.3, 0.4) is 0 Å². The van der Waals surface area contributed by atoms with Gasteiger partial charge < -0.3 is 4.98 Å². The molecule has 4 heteroatoms. The second-order valence-corrected chi connectivity index (χ2v) is 5.77. The Morgan fingerprint density at radius 2 is 1.77 bits per heavy atom. The molecule has 0 aliphatic rings. The molecule has 0 radical (unpaired) electrons. The maximum atomic E-state index is 8.89. The van der Waals surface area contributed by atoms with E-state index in [0.29, 0.717) is 5.56 Å². The van der Waals surface area contributed by atoms with E-state index < -0.39 is 0 Å². The molecule has 3 rings (SSSR count). The Morgan fingerprint density at radius 1 is 1.05 bits per heavy atom. The highest BCUT2D eigenvalue weighted by molar-refractivity contribution is 7.97. The molecular weight excluding hydrogens is 290 g/mol. The van der Waals surface area contributed by atoms with Gasteiger partial charge in [0.25, 0.3) is 0 Å². The Hall–Kier alpha value is -2.51. The number of thioether (sulfide) groups is 1. The first kappa shape index (κ1) is 14.4. The number of nitrogens with one attached hydrogen (secondary N) is 1. The van der Waals surface area contributed by atoms with E-state index in [4.69, 9.17) is 10.2 Å². The number of H-pyrrole nitrogens is 1. The molecule has 0 atom stereocenters. The molecule has 1 heterocycles. The summed E-state index contributed by atoms with van der Waals surface area (Å²) in [6.45, 7) is 0. The van der Waals surface area contributed by atoms with Gasteiger partial charge in [-0.05, 0) is 30.5 Å². The zero-order chi connectivity index (χ0) is 15.4. The van der Waals surface area contributed by atoms with Crippen molar-refractivity contribution < 1.29 is 0 Å². The van der Waals surface area contributed by atoms with Gasteiger partial charge in [0.1, 0.15) is 5.82 Å². The monoisotopic (exact) mass is 305 g/mol. The molecule has 3 aromatic rings. The molecule has 1 aromatic heterocycles. The largest absolute Gasteiger partial charge is 0.341 e. The summed E-state index contributed by atoms with van der Waals surface area (Å²) in [4.78, 5) is 8.19. The lowest BCUT2D eigenvalue weighted by Crippen LogP contribution is -1.85. The average Bonchev–Trinajstić information content (AvgIpc) is 3.00. The first-order chi connectivity index (χ1) is 10.8. The molecule has 0 saturated carbocycles. The van der Waals surface area contributed by atoms with Crippen molar-refractivity contribution in [2.45, 2.75) is 5.75 Å². The summed E-state index contributed by atoms with van der Waals surface area (Å²) in [6, 6.07) is 19.8. The van der Waals surface area contributed by atoms with E-state index in [-0.39, 0.29) is 0 Å². The minimum absolute atomic E-state index is 0.655. The Labute approximate surface area is 134 Å². The van der Waals surface area contributed by atoms with Gasteiger partial charge in [-0.25, -0.2) is 4.98 Å². The van der Waals surface area contributed by atoms with Crippen LogP contribution >= 0.6 is 11.8 Å². The maximum Gasteiger partial charge on any atom is 0.138 e. The number of imidazole rings is 1. The smallest absolute Gasteiger partial charge is 0.138 e. The fourth-order valence-electron chi connectivity index (χ4n) is 2.33. The minimum atomic E-state index is 0.655. The van der Waals surface area contributed by atoms with E-state index >= 15 is 0 Å². The molecule has 22 heavy (non-hydrogen) atoms. The first-order valence-corrected chi connectivity index (χ1v) is 8.35. The molecule has 0 unspecified atom stereocenters. The number of aromatic amines is 1. The molecule has 108 valence electrons. The summed E-state index contributed by atoms with van der Waals surface area (Å²) in [5.41, 5.74) is 4.88. The van der Waals surface area contributed by atoms with Crippen molar-refractivity contribution in [3.63, 3.8) is 0 Å². The lowest BCUT2D eigenvalue weighted by atomic mass is 10.1. The van der Waals surface area contributed by atoms with Gasteiger partial charge in [0.2, 0.25) is 0 Å². The third-order valence-corrected chi connectivity index (χ3v) is 3.98. The van der Waals surface area contributed by atoms with Crippen molar-refractivity contribution >= 4 is 11.8 Å². The number of benzene rings is 2. The molecular formula is C18H15N3S. The Kier molecular flexibility index (Phi) is 4.27. The van der Waals surface area contributed by atoms with Crippen LogP contribution in [-0.4, -0.2) is 16.2 Å². The SMILES string of the molecule is CSCc1[nH]c(-c2ccc(C#N)cc2)nc1-c1ccccc1. The van der Waals surface area contributed by atoms with Gasteiger partial charge in [0, 0.05) is 16.9 Å². The van der Waals surface area contributed by atoms with Crippen LogP contribution in [0.4, 0.5) is 0 Å². The predicted octanol–water partition coefficient (Wildman–Crippen LogP) is 4.48. The highest BCUT2D eigenvalue weighted by Gasteiger charge is 2.12. The molecule has 0 aliphatic carbocycles. The normalized spacial score (nSPS) is 10.4. The number of nitriles is 1. The second-order valence-electron chi connectivity index (χ2n) is 4.90. The van der Waals surface area contributed by atoms with Crippen LogP contribution in [0, 0.1) is 11.3 Å². The van der Waals surface area contributed by atoms with Gasteiger partial charge in [-0.3, -0.25) is 0 Å². The van der Waals surface area contributed by atoms with E-state index in [0.717, 1.165) is 34.1 Å². The van der Waals surface area contributed by atoms with Gasteiger partial charge in [-0.2, -0.15) is 17.0 Å². The van der Waals surface area contributed by atoms with Crippen molar-refractivity contribution in [1.29, 1.82) is 5.26 Å². The molecule has 0 aliphatic heterocycles. The molecule has 0 spiro atoms. The van der Waals surface area contributed by atoms with Crippen LogP contribution in [0.15, 0.2) is 54.6 Å². The van der Waals surface area contributed by atoms with E-state index in [9.17, 15) is 0 Å². The summed E-state index contributed by atoms with van der Waals surface area (Å²) in [7, 11) is 0. The second kappa shape index (κ2) is 6.50. The fraction of sp³-hybridized carbons (Fsp3) is 0.111. The van der Waals surface area contributed by atoms with Crippen molar-refractivity contribution in [3.05, 3.63) is 65.9 Å². The zero-order valence-corrected chi connectivity index (χ0v) is 13.0. The van der Waals surface area contributed by atoms with E-state index in [1.807, 2.05) is 42.5 Å². The zero-order valence-electron chi connectivity index (χ0n) is 12.2. The minimum Gasteiger partial charge on any atom is -0.341 e. The molecule has 0 bridgehead atoms. The summed E-state index contributed by atoms with van der Waals surface area (Å²) < 4.78 is 0. The Bertz CT molecular complexity index is 799. The topological polar surface area (TPSA) is 52.5 Å². The molecule has 3 nitrogen and oxygen atoms in total. The van der Waals surface area contributed by atoms with Crippen LogP contribution in [-0.2, 0) is 5.75 Å². The summed E-state index contributed by atoms with van der Waals surface area (Å²) in [6.07, 6.45) is 2.08. The third kappa shape index (κ3) is 2.90. The fourth-order valence-corrected chi connectivity index (χ4v) is 2.83. The molecule has 1 N–H and O–H groups in total. The van der Waals surface area contributed by atoms with Crippen molar-refractivity contribution in [2.75, 3.05) is 6.26 Å². The van der Waals surface area contributed by atoms with E-state index in [2.05, 4.69) is 29.4 Å². The maximum absolute atomic E-state index is 8.89. The van der Waals surface area contributed by atoms with Crippen LogP contribution in [0.2, 0.25) is 0 Å². The molecule has 0 amide bonds. The Balaban J connectivity index is 2.04. The molecule has 0 saturated heterocycles. The number of nitrogens with zero attached hydrogens (tertiary/aromatic N) is 2. The lowest BCUT2D eigenvalue weighted by molar-refractivity contribution is 1.23. The molecule has 2 aromatic carbocycles. The highest BCUT2D eigenvalue weighted by atomic mass is 32.2. The van der Waals surface area contributed by atoms with Crippen LogP contribution < -0.4 is 0 Å². The summed E-state index contributed by atoms with van der Waals surface area (Å²) in [5.74, 6) is 1.72. The molecule has 0 fully saturated rings. The summed E-state index contributed by atoms with van der Waals surface area (Å²) in [5, 5.41) is 8.89. The van der Waals surface area contributed by atoms with Crippen LogP contribution in [0.5, 0.6) is 0 Å². The number of aromatic nitrogens is 2. The van der Waals surface area contributed by atoms with Gasteiger partial charge in [-0.15, -0.1) is 0 Å². The van der Waals surface area contributed by atoms with Crippen molar-refractivity contribution in [1.82, 2.24) is 9.97 Å². The predicted molar refractivity (Wildman–Crippen MR) is 91.4 cm³/mol. The number of rotatable bonds is 4. The third-order valence-electron chi connectivity index (χ3n) is 3.40. The van der Waals surface area contributed by atoms with Crippen LogP contribution in [0.25, 0.3) is 22.6 Å². The Morgan fingerprint density at radius 3 is 2.41 bits per heavy atom. The van der Waals surface area contributed by atoms with Crippen LogP contribution in [0.1, 0.15) is 11.3 Å². The standard InChI is InChI=1S/C18H15N3S/c1-22-12-16-17(14-5-3-2-4-6-14)21-18(20-16)15-9-7-13(11-19)8-10-15/h2-10H,12H2,1H3,(H,20,21). The number of hydrogen-bond acceptors (Lipinski definition) is 3. The van der Waals surface area contributed by atoms with Crippen molar-refractivity contribution in [3.8, 4) is 28.7 Å². The first-order valence-electron chi connectivity index (χ1n) is 6.95. The van der Waals surface area contributed by atoms with Gasteiger partial charge >= 0.3 is 0 Å². The van der Waals surface area contributed by atoms with E-state index in [1.54, 1.807) is 11.8 Å². The van der Waals surface area contributed by atoms with E-state index in [1.165, 1.54) is 0 Å². The number of hydrogen-bond donors (Lipinski definition) is 1. The van der Waals surface area contributed by atoms with Gasteiger partial charge in [0.15, 0.2) is 0 Å². The van der Waals surface area contributed by atoms with Gasteiger partial charge in [0.05, 0.1) is 23.0 Å². The van der Waals surface area contributed by atoms with Gasteiger partial charge in [-0.1, -0.05) is 30.3 Å². The highest BCUT2D eigenvalue weighted by Crippen LogP contribution is 2.28. The quantitative estimate of drug-likeness (QED) is 0.773. The lowest BCUT2D eigenvalue weighted by Gasteiger charge is -2.00.